The summed E-state index contributed by atoms with van der Waals surface area (Å²) in [7, 11) is 0. The van der Waals surface area contributed by atoms with Crippen molar-refractivity contribution in [3.8, 4) is 0 Å². The lowest BCUT2D eigenvalue weighted by Gasteiger charge is -2.26. The van der Waals surface area contributed by atoms with Gasteiger partial charge in [0.2, 0.25) is 0 Å². The zero-order chi connectivity index (χ0) is 21.0. The second-order valence-electron chi connectivity index (χ2n) is 7.04. The predicted molar refractivity (Wildman–Crippen MR) is 96.1 cm³/mol. The number of carbonyl (C=O) groups is 3. The third kappa shape index (κ3) is 5.16. The minimum absolute atomic E-state index is 0.00896. The summed E-state index contributed by atoms with van der Waals surface area (Å²) in [5.41, 5.74) is -0.00896. The minimum Gasteiger partial charge on any atom is -0.480 e. The van der Waals surface area contributed by atoms with Gasteiger partial charge in [-0.15, -0.1) is 0 Å². The molecule has 2 atom stereocenters. The summed E-state index contributed by atoms with van der Waals surface area (Å²) in [4.78, 5) is 37.8. The first-order valence-electron chi connectivity index (χ1n) is 8.83. The third-order valence-electron chi connectivity index (χ3n) is 4.42. The van der Waals surface area contributed by atoms with E-state index in [2.05, 4.69) is 5.32 Å². The molecule has 0 radical (unpaired) electrons. The number of carboxylic acid groups (broad SMARTS) is 2. The van der Waals surface area contributed by atoms with Crippen LogP contribution in [0.1, 0.15) is 20.3 Å². The highest BCUT2D eigenvalue weighted by Gasteiger charge is 2.38. The van der Waals surface area contributed by atoms with Crippen LogP contribution < -0.4 is 10.2 Å². The standard InChI is InChI=1S/C18H23F2N3O5/c1-10(2)5-14(16(24)25)21-9-15(17(26)27)23-4-3-22(18(23)28)13-7-11(19)6-12(20)8-13/h6-8,10,14-15,21H,3-5,9H2,1-2H3,(H,24,25)(H,26,27). The van der Waals surface area contributed by atoms with Crippen LogP contribution >= 0.6 is 0 Å². The number of carboxylic acids is 2. The van der Waals surface area contributed by atoms with Crippen molar-refractivity contribution in [1.29, 1.82) is 0 Å². The van der Waals surface area contributed by atoms with Gasteiger partial charge < -0.3 is 20.4 Å². The van der Waals surface area contributed by atoms with Gasteiger partial charge in [-0.25, -0.2) is 18.4 Å². The van der Waals surface area contributed by atoms with E-state index in [1.807, 2.05) is 13.8 Å². The second-order valence-corrected chi connectivity index (χ2v) is 7.04. The van der Waals surface area contributed by atoms with Crippen LogP contribution in [0.15, 0.2) is 18.2 Å². The summed E-state index contributed by atoms with van der Waals surface area (Å²) in [6, 6.07) is -0.330. The molecule has 1 heterocycles. The molecule has 0 bridgehead atoms. The van der Waals surface area contributed by atoms with E-state index in [9.17, 15) is 33.4 Å². The Morgan fingerprint density at radius 3 is 2.21 bits per heavy atom. The number of hydrogen-bond donors (Lipinski definition) is 3. The van der Waals surface area contributed by atoms with E-state index < -0.39 is 41.7 Å². The Kier molecular flexibility index (Phi) is 6.90. The molecule has 1 aromatic rings. The fourth-order valence-corrected chi connectivity index (χ4v) is 3.11. The first kappa shape index (κ1) is 21.5. The van der Waals surface area contributed by atoms with Crippen molar-refractivity contribution in [2.24, 2.45) is 5.92 Å². The molecule has 0 spiro atoms. The number of hydrogen-bond acceptors (Lipinski definition) is 4. The molecule has 2 amide bonds. The SMILES string of the molecule is CC(C)CC(NCC(C(=O)O)N1CCN(c2cc(F)cc(F)c2)C1=O)C(=O)O. The lowest BCUT2D eigenvalue weighted by Crippen LogP contribution is -2.52. The lowest BCUT2D eigenvalue weighted by molar-refractivity contribution is -0.143. The van der Waals surface area contributed by atoms with Crippen LogP contribution in [-0.2, 0) is 9.59 Å². The molecule has 8 nitrogen and oxygen atoms in total. The Morgan fingerprint density at radius 2 is 1.71 bits per heavy atom. The molecule has 0 saturated carbocycles. The maximum absolute atomic E-state index is 13.4. The summed E-state index contributed by atoms with van der Waals surface area (Å²) in [6.45, 7) is 3.49. The molecular weight excluding hydrogens is 376 g/mol. The Hall–Kier alpha value is -2.75. The van der Waals surface area contributed by atoms with Crippen molar-refractivity contribution in [3.63, 3.8) is 0 Å². The quantitative estimate of drug-likeness (QED) is 0.584. The molecule has 10 heteroatoms. The maximum atomic E-state index is 13.4. The number of carbonyl (C=O) groups excluding carboxylic acids is 1. The number of aliphatic carboxylic acids is 2. The number of nitrogens with one attached hydrogen (secondary N) is 1. The van der Waals surface area contributed by atoms with Crippen molar-refractivity contribution in [3.05, 3.63) is 29.8 Å². The van der Waals surface area contributed by atoms with Gasteiger partial charge in [0.25, 0.3) is 0 Å². The highest BCUT2D eigenvalue weighted by Crippen LogP contribution is 2.24. The average molecular weight is 399 g/mol. The van der Waals surface area contributed by atoms with Crippen molar-refractivity contribution < 1.29 is 33.4 Å². The summed E-state index contributed by atoms with van der Waals surface area (Å²) in [6.07, 6.45) is 0.296. The molecule has 1 aromatic carbocycles. The van der Waals surface area contributed by atoms with E-state index in [1.54, 1.807) is 0 Å². The van der Waals surface area contributed by atoms with Crippen molar-refractivity contribution in [1.82, 2.24) is 10.2 Å². The van der Waals surface area contributed by atoms with Crippen LogP contribution in [0.25, 0.3) is 0 Å². The summed E-state index contributed by atoms with van der Waals surface area (Å²) in [5.74, 6) is -4.04. The number of urea groups is 1. The monoisotopic (exact) mass is 399 g/mol. The number of anilines is 1. The normalized spacial score (nSPS) is 16.5. The molecule has 1 fully saturated rings. The van der Waals surface area contributed by atoms with E-state index in [4.69, 9.17) is 0 Å². The number of amides is 2. The Morgan fingerprint density at radius 1 is 1.11 bits per heavy atom. The molecular formula is C18H23F2N3O5. The topological polar surface area (TPSA) is 110 Å². The number of benzene rings is 1. The summed E-state index contributed by atoms with van der Waals surface area (Å²) < 4.78 is 26.9. The van der Waals surface area contributed by atoms with Crippen LogP contribution in [0, 0.1) is 17.6 Å². The minimum atomic E-state index is -1.31. The van der Waals surface area contributed by atoms with E-state index in [-0.39, 0.29) is 31.2 Å². The molecule has 3 N–H and O–H groups in total. The fourth-order valence-electron chi connectivity index (χ4n) is 3.11. The van der Waals surface area contributed by atoms with Crippen LogP contribution in [0.3, 0.4) is 0 Å². The van der Waals surface area contributed by atoms with Crippen LogP contribution in [-0.4, -0.2) is 64.8 Å². The van der Waals surface area contributed by atoms with Crippen molar-refractivity contribution in [2.75, 3.05) is 24.5 Å². The molecule has 154 valence electrons. The largest absolute Gasteiger partial charge is 0.480 e. The average Bonchev–Trinajstić information content (AvgIpc) is 2.94. The van der Waals surface area contributed by atoms with E-state index >= 15 is 0 Å². The van der Waals surface area contributed by atoms with E-state index in [0.29, 0.717) is 12.5 Å². The Bertz CT molecular complexity index is 738. The number of nitrogens with zero attached hydrogens (tertiary/aromatic N) is 2. The van der Waals surface area contributed by atoms with Gasteiger partial charge in [-0.1, -0.05) is 13.8 Å². The predicted octanol–water partition coefficient (Wildman–Crippen LogP) is 1.75. The third-order valence-corrected chi connectivity index (χ3v) is 4.42. The number of halogens is 2. The van der Waals surface area contributed by atoms with Gasteiger partial charge in [-0.3, -0.25) is 9.69 Å². The first-order chi connectivity index (χ1) is 13.1. The van der Waals surface area contributed by atoms with Gasteiger partial charge in [-0.2, -0.15) is 0 Å². The highest BCUT2D eigenvalue weighted by atomic mass is 19.1. The van der Waals surface area contributed by atoms with Crippen LogP contribution in [0.4, 0.5) is 19.3 Å². The molecule has 1 aliphatic rings. The molecule has 0 aliphatic carbocycles. The van der Waals surface area contributed by atoms with Crippen molar-refractivity contribution in [2.45, 2.75) is 32.4 Å². The molecule has 28 heavy (non-hydrogen) atoms. The van der Waals surface area contributed by atoms with Gasteiger partial charge in [0, 0.05) is 25.7 Å². The fraction of sp³-hybridized carbons (Fsp3) is 0.500. The molecule has 1 aliphatic heterocycles. The molecule has 1 saturated heterocycles. The number of rotatable bonds is 9. The van der Waals surface area contributed by atoms with E-state index in [0.717, 1.165) is 21.9 Å². The first-order valence-corrected chi connectivity index (χ1v) is 8.83. The molecule has 2 unspecified atom stereocenters. The van der Waals surface area contributed by atoms with Gasteiger partial charge in [0.05, 0.1) is 5.69 Å². The highest BCUT2D eigenvalue weighted by molar-refractivity contribution is 5.96. The second kappa shape index (κ2) is 8.96. The Balaban J connectivity index is 2.13. The van der Waals surface area contributed by atoms with Gasteiger partial charge in [0.15, 0.2) is 0 Å². The lowest BCUT2D eigenvalue weighted by atomic mass is 10.0. The van der Waals surface area contributed by atoms with Crippen LogP contribution in [0.5, 0.6) is 0 Å². The maximum Gasteiger partial charge on any atom is 0.327 e. The van der Waals surface area contributed by atoms with Crippen LogP contribution in [0.2, 0.25) is 0 Å². The zero-order valence-electron chi connectivity index (χ0n) is 15.6. The summed E-state index contributed by atoms with van der Waals surface area (Å²) in [5, 5.41) is 21.5. The Labute approximate surface area is 160 Å². The van der Waals surface area contributed by atoms with Gasteiger partial charge in [0.1, 0.15) is 23.7 Å². The van der Waals surface area contributed by atoms with Gasteiger partial charge in [-0.05, 0) is 24.5 Å². The van der Waals surface area contributed by atoms with E-state index in [1.165, 1.54) is 0 Å². The molecule has 2 rings (SSSR count). The molecule has 0 aromatic heterocycles. The van der Waals surface area contributed by atoms with Crippen molar-refractivity contribution >= 4 is 23.7 Å². The zero-order valence-corrected chi connectivity index (χ0v) is 15.6. The summed E-state index contributed by atoms with van der Waals surface area (Å²) >= 11 is 0. The van der Waals surface area contributed by atoms with Gasteiger partial charge >= 0.3 is 18.0 Å². The smallest absolute Gasteiger partial charge is 0.327 e.